The van der Waals surface area contributed by atoms with Gasteiger partial charge in [-0.15, -0.1) is 0 Å². The van der Waals surface area contributed by atoms with E-state index >= 15 is 0 Å². The second-order valence-corrected chi connectivity index (χ2v) is 4.82. The fourth-order valence-electron chi connectivity index (χ4n) is 2.69. The SMILES string of the molecule is CCCC1(C(=O)c2ccc(F)cc2F)CCCN1. The minimum atomic E-state index is -0.774. The van der Waals surface area contributed by atoms with E-state index in [4.69, 9.17) is 0 Å². The van der Waals surface area contributed by atoms with Crippen molar-refractivity contribution in [1.29, 1.82) is 0 Å². The Balaban J connectivity index is 2.34. The van der Waals surface area contributed by atoms with Gasteiger partial charge in [-0.2, -0.15) is 0 Å². The molecule has 1 saturated heterocycles. The third-order valence-corrected chi connectivity index (χ3v) is 3.53. The maximum atomic E-state index is 13.7. The molecular weight excluding hydrogens is 236 g/mol. The van der Waals surface area contributed by atoms with Crippen molar-refractivity contribution in [3.8, 4) is 0 Å². The van der Waals surface area contributed by atoms with Crippen LogP contribution in [0.2, 0.25) is 0 Å². The summed E-state index contributed by atoms with van der Waals surface area (Å²) in [5.74, 6) is -1.68. The molecule has 0 radical (unpaired) electrons. The molecule has 1 atom stereocenters. The predicted molar refractivity (Wildman–Crippen MR) is 65.6 cm³/mol. The summed E-state index contributed by atoms with van der Waals surface area (Å²) in [4.78, 5) is 12.5. The summed E-state index contributed by atoms with van der Waals surface area (Å²) in [6, 6.07) is 3.14. The Morgan fingerprint density at radius 3 is 2.78 bits per heavy atom. The van der Waals surface area contributed by atoms with E-state index in [1.807, 2.05) is 6.92 Å². The summed E-state index contributed by atoms with van der Waals surface area (Å²) in [6.45, 7) is 2.77. The van der Waals surface area contributed by atoms with E-state index in [-0.39, 0.29) is 11.3 Å². The molecule has 1 heterocycles. The number of hydrogen-bond acceptors (Lipinski definition) is 2. The lowest BCUT2D eigenvalue weighted by Gasteiger charge is -2.27. The van der Waals surface area contributed by atoms with Crippen molar-refractivity contribution in [2.45, 2.75) is 38.1 Å². The summed E-state index contributed by atoms with van der Waals surface area (Å²) in [5, 5.41) is 3.20. The number of halogens is 2. The van der Waals surface area contributed by atoms with Crippen LogP contribution in [0.4, 0.5) is 8.78 Å². The van der Waals surface area contributed by atoms with Crippen LogP contribution >= 0.6 is 0 Å². The van der Waals surface area contributed by atoms with Crippen LogP contribution in [0.15, 0.2) is 18.2 Å². The molecule has 1 aromatic carbocycles. The third kappa shape index (κ3) is 2.29. The number of Topliss-reactive ketones (excluding diaryl/α,β-unsaturated/α-hetero) is 1. The molecule has 1 aromatic rings. The number of hydrogen-bond donors (Lipinski definition) is 1. The first-order valence-electron chi connectivity index (χ1n) is 6.34. The Hall–Kier alpha value is -1.29. The molecule has 0 amide bonds. The molecule has 2 rings (SSSR count). The first-order valence-corrected chi connectivity index (χ1v) is 6.34. The molecule has 0 bridgehead atoms. The maximum Gasteiger partial charge on any atom is 0.185 e. The Morgan fingerprint density at radius 2 is 2.22 bits per heavy atom. The van der Waals surface area contributed by atoms with Crippen molar-refractivity contribution in [1.82, 2.24) is 5.32 Å². The zero-order valence-electron chi connectivity index (χ0n) is 10.4. The predicted octanol–water partition coefficient (Wildman–Crippen LogP) is 3.07. The molecule has 1 N–H and O–H groups in total. The van der Waals surface area contributed by atoms with Crippen LogP contribution in [-0.4, -0.2) is 17.9 Å². The van der Waals surface area contributed by atoms with Gasteiger partial charge in [-0.05, 0) is 37.9 Å². The van der Waals surface area contributed by atoms with Gasteiger partial charge in [0.05, 0.1) is 11.1 Å². The van der Waals surface area contributed by atoms with Gasteiger partial charge in [-0.25, -0.2) is 8.78 Å². The molecule has 0 aromatic heterocycles. The molecule has 0 aliphatic carbocycles. The minimum Gasteiger partial charge on any atom is -0.305 e. The van der Waals surface area contributed by atoms with Crippen molar-refractivity contribution in [2.75, 3.05) is 6.54 Å². The van der Waals surface area contributed by atoms with E-state index in [0.717, 1.165) is 37.9 Å². The molecule has 2 nitrogen and oxygen atoms in total. The van der Waals surface area contributed by atoms with Gasteiger partial charge in [0.2, 0.25) is 0 Å². The first-order chi connectivity index (χ1) is 8.59. The van der Waals surface area contributed by atoms with Gasteiger partial charge in [0.25, 0.3) is 0 Å². The molecule has 0 spiro atoms. The van der Waals surface area contributed by atoms with Crippen LogP contribution in [0.1, 0.15) is 43.0 Å². The highest BCUT2D eigenvalue weighted by Gasteiger charge is 2.41. The Bertz CT molecular complexity index is 453. The quantitative estimate of drug-likeness (QED) is 0.835. The number of benzene rings is 1. The lowest BCUT2D eigenvalue weighted by Crippen LogP contribution is -2.47. The summed E-state index contributed by atoms with van der Waals surface area (Å²) >= 11 is 0. The monoisotopic (exact) mass is 253 g/mol. The Kier molecular flexibility index (Phi) is 3.76. The number of carbonyl (C=O) groups is 1. The minimum absolute atomic E-state index is 0.0146. The Labute approximate surface area is 105 Å². The summed E-state index contributed by atoms with van der Waals surface area (Å²) in [6.07, 6.45) is 3.16. The van der Waals surface area contributed by atoms with Crippen LogP contribution in [0.25, 0.3) is 0 Å². The van der Waals surface area contributed by atoms with Gasteiger partial charge in [-0.1, -0.05) is 13.3 Å². The number of ketones is 1. The van der Waals surface area contributed by atoms with E-state index in [0.29, 0.717) is 6.42 Å². The lowest BCUT2D eigenvalue weighted by atomic mass is 9.84. The van der Waals surface area contributed by atoms with Gasteiger partial charge >= 0.3 is 0 Å². The van der Waals surface area contributed by atoms with E-state index in [1.54, 1.807) is 0 Å². The van der Waals surface area contributed by atoms with E-state index < -0.39 is 17.2 Å². The highest BCUT2D eigenvalue weighted by Crippen LogP contribution is 2.29. The molecule has 18 heavy (non-hydrogen) atoms. The molecule has 1 aliphatic heterocycles. The molecule has 98 valence electrons. The van der Waals surface area contributed by atoms with Gasteiger partial charge in [0.1, 0.15) is 11.6 Å². The van der Waals surface area contributed by atoms with Gasteiger partial charge in [0.15, 0.2) is 5.78 Å². The van der Waals surface area contributed by atoms with Gasteiger partial charge < -0.3 is 5.32 Å². The summed E-state index contributed by atoms with van der Waals surface area (Å²) in [7, 11) is 0. The highest BCUT2D eigenvalue weighted by atomic mass is 19.1. The lowest BCUT2D eigenvalue weighted by molar-refractivity contribution is 0.0853. The van der Waals surface area contributed by atoms with Crippen molar-refractivity contribution >= 4 is 5.78 Å². The van der Waals surface area contributed by atoms with Crippen LogP contribution in [0, 0.1) is 11.6 Å². The maximum absolute atomic E-state index is 13.7. The first kappa shape index (κ1) is 13.1. The molecule has 0 saturated carbocycles. The molecule has 1 aliphatic rings. The fourth-order valence-corrected chi connectivity index (χ4v) is 2.69. The normalized spacial score (nSPS) is 23.3. The van der Waals surface area contributed by atoms with Gasteiger partial charge in [0, 0.05) is 6.07 Å². The standard InChI is InChI=1S/C14H17F2NO/c1-2-6-14(7-3-8-17-14)13(18)11-5-4-10(15)9-12(11)16/h4-5,9,17H,2-3,6-8H2,1H3. The van der Waals surface area contributed by atoms with Crippen LogP contribution < -0.4 is 5.32 Å². The van der Waals surface area contributed by atoms with Crippen LogP contribution in [0.5, 0.6) is 0 Å². The van der Waals surface area contributed by atoms with Crippen LogP contribution in [-0.2, 0) is 0 Å². The van der Waals surface area contributed by atoms with Gasteiger partial charge in [-0.3, -0.25) is 4.79 Å². The molecule has 1 unspecified atom stereocenters. The average molecular weight is 253 g/mol. The smallest absolute Gasteiger partial charge is 0.185 e. The summed E-state index contributed by atoms with van der Waals surface area (Å²) in [5.41, 5.74) is -0.674. The van der Waals surface area contributed by atoms with Crippen molar-refractivity contribution in [3.05, 3.63) is 35.4 Å². The highest BCUT2D eigenvalue weighted by molar-refractivity contribution is 6.03. The van der Waals surface area contributed by atoms with Crippen molar-refractivity contribution < 1.29 is 13.6 Å². The molecule has 1 fully saturated rings. The zero-order chi connectivity index (χ0) is 13.2. The summed E-state index contributed by atoms with van der Waals surface area (Å²) < 4.78 is 26.5. The molecular formula is C14H17F2NO. The second kappa shape index (κ2) is 5.14. The zero-order valence-corrected chi connectivity index (χ0v) is 10.4. The van der Waals surface area contributed by atoms with Crippen molar-refractivity contribution in [2.24, 2.45) is 0 Å². The number of nitrogens with one attached hydrogen (secondary N) is 1. The van der Waals surface area contributed by atoms with Crippen molar-refractivity contribution in [3.63, 3.8) is 0 Å². The molecule has 4 heteroatoms. The van der Waals surface area contributed by atoms with E-state index in [9.17, 15) is 13.6 Å². The topological polar surface area (TPSA) is 29.1 Å². The number of rotatable bonds is 4. The van der Waals surface area contributed by atoms with Crippen LogP contribution in [0.3, 0.4) is 0 Å². The second-order valence-electron chi connectivity index (χ2n) is 4.82. The van der Waals surface area contributed by atoms with E-state index in [1.165, 1.54) is 6.07 Å². The average Bonchev–Trinajstić information content (AvgIpc) is 2.78. The van der Waals surface area contributed by atoms with E-state index in [2.05, 4.69) is 5.32 Å². The Morgan fingerprint density at radius 1 is 1.44 bits per heavy atom. The fraction of sp³-hybridized carbons (Fsp3) is 0.500. The third-order valence-electron chi connectivity index (χ3n) is 3.53. The number of carbonyl (C=O) groups excluding carboxylic acids is 1. The largest absolute Gasteiger partial charge is 0.305 e.